The number of nitrogens with zero attached hydrogens (tertiary/aromatic N) is 4. The Morgan fingerprint density at radius 3 is 2.47 bits per heavy atom. The molecule has 15 heavy (non-hydrogen) atoms. The zero-order valence-corrected chi connectivity index (χ0v) is 10.1. The van der Waals surface area contributed by atoms with Crippen LogP contribution in [0.4, 0.5) is 0 Å². The van der Waals surface area contributed by atoms with Crippen LogP contribution in [0.5, 0.6) is 0 Å². The van der Waals surface area contributed by atoms with E-state index in [0.29, 0.717) is 10.8 Å². The summed E-state index contributed by atoms with van der Waals surface area (Å²) in [6.45, 7) is 6.09. The van der Waals surface area contributed by atoms with Crippen LogP contribution in [0.1, 0.15) is 20.8 Å². The second-order valence-corrected chi connectivity index (χ2v) is 4.94. The minimum absolute atomic E-state index is 0.138. The van der Waals surface area contributed by atoms with Gasteiger partial charge in [-0.05, 0) is 32.4 Å². The van der Waals surface area contributed by atoms with E-state index in [0.717, 1.165) is 5.39 Å². The summed E-state index contributed by atoms with van der Waals surface area (Å²) < 4.78 is 1.78. The third-order valence-corrected chi connectivity index (χ3v) is 2.45. The zero-order valence-electron chi connectivity index (χ0n) is 8.62. The normalized spacial score (nSPS) is 12.3. The minimum Gasteiger partial charge on any atom is -0.242 e. The van der Waals surface area contributed by atoms with Crippen molar-refractivity contribution in [3.05, 3.63) is 16.6 Å². The van der Waals surface area contributed by atoms with Gasteiger partial charge in [-0.25, -0.2) is 9.67 Å². The number of hydrogen-bond donors (Lipinski definition) is 0. The molecule has 0 spiro atoms. The highest BCUT2D eigenvalue weighted by Crippen LogP contribution is 2.25. The van der Waals surface area contributed by atoms with Crippen molar-refractivity contribution >= 4 is 34.2 Å². The molecule has 2 heterocycles. The lowest BCUT2D eigenvalue weighted by atomic mass is 10.1. The van der Waals surface area contributed by atoms with E-state index in [2.05, 4.69) is 15.1 Å². The third-order valence-electron chi connectivity index (χ3n) is 1.99. The van der Waals surface area contributed by atoms with Gasteiger partial charge in [-0.2, -0.15) is 10.1 Å². The highest BCUT2D eigenvalue weighted by atomic mass is 35.5. The molecule has 0 aliphatic carbocycles. The van der Waals surface area contributed by atoms with Crippen molar-refractivity contribution in [2.45, 2.75) is 26.3 Å². The molecule has 0 radical (unpaired) electrons. The van der Waals surface area contributed by atoms with E-state index >= 15 is 0 Å². The summed E-state index contributed by atoms with van der Waals surface area (Å²) in [5.41, 5.74) is 0.496. The Kier molecular flexibility index (Phi) is 2.35. The number of hydrogen-bond acceptors (Lipinski definition) is 3. The SMILES string of the molecule is CC(C)(C)n1ncc2c(Cl)nc(Cl)nc21. The van der Waals surface area contributed by atoms with Gasteiger partial charge in [0.05, 0.1) is 17.1 Å². The fourth-order valence-electron chi connectivity index (χ4n) is 1.34. The Labute approximate surface area is 97.2 Å². The molecule has 2 aromatic rings. The molecular weight excluding hydrogens is 235 g/mol. The summed E-state index contributed by atoms with van der Waals surface area (Å²) in [4.78, 5) is 8.00. The van der Waals surface area contributed by atoms with Crippen LogP contribution in [-0.2, 0) is 5.54 Å². The summed E-state index contributed by atoms with van der Waals surface area (Å²) >= 11 is 11.7. The van der Waals surface area contributed by atoms with Gasteiger partial charge in [-0.3, -0.25) is 0 Å². The first kappa shape index (κ1) is 10.6. The predicted octanol–water partition coefficient (Wildman–Crippen LogP) is 2.89. The maximum atomic E-state index is 5.94. The molecule has 0 amide bonds. The van der Waals surface area contributed by atoms with Crippen molar-refractivity contribution in [3.8, 4) is 0 Å². The molecule has 80 valence electrons. The molecule has 0 saturated heterocycles. The Morgan fingerprint density at radius 1 is 1.20 bits per heavy atom. The molecular formula is C9H10Cl2N4. The van der Waals surface area contributed by atoms with Gasteiger partial charge in [-0.1, -0.05) is 11.6 Å². The van der Waals surface area contributed by atoms with Gasteiger partial charge in [0.1, 0.15) is 5.15 Å². The van der Waals surface area contributed by atoms with E-state index in [1.807, 2.05) is 20.8 Å². The molecule has 2 aromatic heterocycles. The molecule has 0 saturated carbocycles. The molecule has 0 bridgehead atoms. The van der Waals surface area contributed by atoms with E-state index in [1.54, 1.807) is 10.9 Å². The van der Waals surface area contributed by atoms with E-state index < -0.39 is 0 Å². The van der Waals surface area contributed by atoms with Crippen LogP contribution in [0, 0.1) is 0 Å². The first-order chi connectivity index (χ1) is 6.89. The lowest BCUT2D eigenvalue weighted by molar-refractivity contribution is 0.366. The van der Waals surface area contributed by atoms with E-state index in [9.17, 15) is 0 Å². The predicted molar refractivity (Wildman–Crippen MR) is 60.3 cm³/mol. The molecule has 2 rings (SSSR count). The maximum absolute atomic E-state index is 5.94. The fraction of sp³-hybridized carbons (Fsp3) is 0.444. The highest BCUT2D eigenvalue weighted by molar-refractivity contribution is 6.35. The van der Waals surface area contributed by atoms with Gasteiger partial charge >= 0.3 is 0 Å². The fourth-order valence-corrected chi connectivity index (χ4v) is 1.76. The van der Waals surface area contributed by atoms with Gasteiger partial charge in [0.25, 0.3) is 0 Å². The lowest BCUT2D eigenvalue weighted by Crippen LogP contribution is -2.23. The summed E-state index contributed by atoms with van der Waals surface area (Å²) in [6.07, 6.45) is 1.65. The van der Waals surface area contributed by atoms with E-state index in [1.165, 1.54) is 0 Å². The third kappa shape index (κ3) is 1.79. The van der Waals surface area contributed by atoms with Crippen molar-refractivity contribution in [2.24, 2.45) is 0 Å². The topological polar surface area (TPSA) is 43.6 Å². The van der Waals surface area contributed by atoms with Crippen molar-refractivity contribution in [2.75, 3.05) is 0 Å². The molecule has 6 heteroatoms. The summed E-state index contributed by atoms with van der Waals surface area (Å²) in [5.74, 6) is 0. The zero-order chi connectivity index (χ0) is 11.2. The largest absolute Gasteiger partial charge is 0.242 e. The van der Waals surface area contributed by atoms with Gasteiger partial charge in [-0.15, -0.1) is 0 Å². The second kappa shape index (κ2) is 3.32. The average molecular weight is 245 g/mol. The monoisotopic (exact) mass is 244 g/mol. The summed E-state index contributed by atoms with van der Waals surface area (Å²) in [6, 6.07) is 0. The van der Waals surface area contributed by atoms with Crippen LogP contribution in [0.3, 0.4) is 0 Å². The standard InChI is InChI=1S/C9H10Cl2N4/c1-9(2,3)15-7-5(4-12-15)6(10)13-8(11)14-7/h4H,1-3H3. The molecule has 0 N–H and O–H groups in total. The maximum Gasteiger partial charge on any atom is 0.225 e. The smallest absolute Gasteiger partial charge is 0.225 e. The average Bonchev–Trinajstić information content (AvgIpc) is 2.45. The second-order valence-electron chi connectivity index (χ2n) is 4.25. The number of halogens is 2. The van der Waals surface area contributed by atoms with Gasteiger partial charge in [0.15, 0.2) is 5.65 Å². The number of rotatable bonds is 0. The molecule has 4 nitrogen and oxygen atoms in total. The molecule has 0 unspecified atom stereocenters. The first-order valence-electron chi connectivity index (χ1n) is 4.47. The van der Waals surface area contributed by atoms with Gasteiger partial charge in [0.2, 0.25) is 5.28 Å². The van der Waals surface area contributed by atoms with E-state index in [4.69, 9.17) is 23.2 Å². The van der Waals surface area contributed by atoms with Crippen LogP contribution in [-0.4, -0.2) is 19.7 Å². The van der Waals surface area contributed by atoms with Gasteiger partial charge in [0, 0.05) is 0 Å². The van der Waals surface area contributed by atoms with Gasteiger partial charge < -0.3 is 0 Å². The van der Waals surface area contributed by atoms with Crippen molar-refractivity contribution in [3.63, 3.8) is 0 Å². The Bertz CT molecular complexity index is 513. The number of aromatic nitrogens is 4. The Balaban J connectivity index is 2.80. The summed E-state index contributed by atoms with van der Waals surface area (Å²) in [5, 5.41) is 5.43. The van der Waals surface area contributed by atoms with Crippen LogP contribution in [0.25, 0.3) is 11.0 Å². The van der Waals surface area contributed by atoms with Crippen molar-refractivity contribution < 1.29 is 0 Å². The number of fused-ring (bicyclic) bond motifs is 1. The van der Waals surface area contributed by atoms with Crippen LogP contribution >= 0.6 is 23.2 Å². The minimum atomic E-state index is -0.164. The molecule has 0 atom stereocenters. The Morgan fingerprint density at radius 2 is 1.87 bits per heavy atom. The highest BCUT2D eigenvalue weighted by Gasteiger charge is 2.19. The molecule has 0 aliphatic rings. The van der Waals surface area contributed by atoms with Crippen LogP contribution in [0.2, 0.25) is 10.4 Å². The quantitative estimate of drug-likeness (QED) is 0.529. The molecule has 0 aromatic carbocycles. The molecule has 0 fully saturated rings. The first-order valence-corrected chi connectivity index (χ1v) is 5.22. The molecule has 0 aliphatic heterocycles. The van der Waals surface area contributed by atoms with E-state index in [-0.39, 0.29) is 10.8 Å². The van der Waals surface area contributed by atoms with Crippen LogP contribution in [0.15, 0.2) is 6.20 Å². The Hall–Kier alpha value is -0.870. The summed E-state index contributed by atoms with van der Waals surface area (Å²) in [7, 11) is 0. The lowest BCUT2D eigenvalue weighted by Gasteiger charge is -2.19. The van der Waals surface area contributed by atoms with Crippen molar-refractivity contribution in [1.29, 1.82) is 0 Å². The van der Waals surface area contributed by atoms with Crippen molar-refractivity contribution in [1.82, 2.24) is 19.7 Å². The van der Waals surface area contributed by atoms with Crippen LogP contribution < -0.4 is 0 Å².